The molecule has 0 aliphatic heterocycles. The van der Waals surface area contributed by atoms with E-state index in [2.05, 4.69) is 22.5 Å². The minimum absolute atomic E-state index is 0.0686. The average Bonchev–Trinajstić information content (AvgIpc) is 2.19. The standard InChI is InChI=1S/C10H9BrO3/c1-3-8(12)6-4-9(13)10(14-2)5-7(6)11/h3-5,13H,1H2,2H3. The predicted molar refractivity (Wildman–Crippen MR) is 56.9 cm³/mol. The van der Waals surface area contributed by atoms with Crippen LogP contribution in [0, 0.1) is 0 Å². The number of benzene rings is 1. The predicted octanol–water partition coefficient (Wildman–Crippen LogP) is 2.53. The zero-order valence-electron chi connectivity index (χ0n) is 7.58. The normalized spacial score (nSPS) is 9.57. The number of methoxy groups -OCH3 is 1. The summed E-state index contributed by atoms with van der Waals surface area (Å²) in [6.45, 7) is 3.37. The Kier molecular flexibility index (Phi) is 3.30. The van der Waals surface area contributed by atoms with E-state index in [1.807, 2.05) is 0 Å². The van der Waals surface area contributed by atoms with Crippen molar-refractivity contribution >= 4 is 21.7 Å². The van der Waals surface area contributed by atoms with Gasteiger partial charge in [0.05, 0.1) is 7.11 Å². The molecule has 0 aliphatic rings. The molecule has 0 saturated carbocycles. The Morgan fingerprint density at radius 2 is 2.29 bits per heavy atom. The number of halogens is 1. The zero-order chi connectivity index (χ0) is 10.7. The smallest absolute Gasteiger partial charge is 0.186 e. The Morgan fingerprint density at radius 1 is 1.64 bits per heavy atom. The third-order valence-electron chi connectivity index (χ3n) is 1.72. The van der Waals surface area contributed by atoms with E-state index in [4.69, 9.17) is 4.74 Å². The van der Waals surface area contributed by atoms with Crippen molar-refractivity contribution in [3.63, 3.8) is 0 Å². The summed E-state index contributed by atoms with van der Waals surface area (Å²) in [5.41, 5.74) is 0.360. The van der Waals surface area contributed by atoms with Gasteiger partial charge in [-0.2, -0.15) is 0 Å². The second kappa shape index (κ2) is 4.28. The molecule has 0 atom stereocenters. The van der Waals surface area contributed by atoms with Crippen LogP contribution in [0.25, 0.3) is 0 Å². The molecule has 1 aromatic rings. The first kappa shape index (κ1) is 10.8. The number of rotatable bonds is 3. The van der Waals surface area contributed by atoms with Crippen LogP contribution in [0.4, 0.5) is 0 Å². The molecule has 0 spiro atoms. The summed E-state index contributed by atoms with van der Waals surface area (Å²) < 4.78 is 5.44. The first-order chi connectivity index (χ1) is 6.60. The number of ketones is 1. The molecule has 1 rings (SSSR count). The van der Waals surface area contributed by atoms with Gasteiger partial charge >= 0.3 is 0 Å². The molecule has 0 amide bonds. The number of allylic oxidation sites excluding steroid dienone is 1. The average molecular weight is 257 g/mol. The van der Waals surface area contributed by atoms with Crippen LogP contribution >= 0.6 is 15.9 Å². The van der Waals surface area contributed by atoms with Crippen molar-refractivity contribution in [2.75, 3.05) is 7.11 Å². The lowest BCUT2D eigenvalue weighted by Gasteiger charge is -2.06. The fraction of sp³-hybridized carbons (Fsp3) is 0.100. The van der Waals surface area contributed by atoms with Crippen LogP contribution < -0.4 is 4.74 Å². The van der Waals surface area contributed by atoms with E-state index in [1.165, 1.54) is 25.3 Å². The Bertz CT molecular complexity index is 385. The van der Waals surface area contributed by atoms with Crippen molar-refractivity contribution < 1.29 is 14.6 Å². The molecule has 0 bridgehead atoms. The summed E-state index contributed by atoms with van der Waals surface area (Å²) in [7, 11) is 1.44. The summed E-state index contributed by atoms with van der Waals surface area (Å²) in [5, 5.41) is 9.43. The Balaban J connectivity index is 3.28. The first-order valence-electron chi connectivity index (χ1n) is 3.83. The molecule has 0 heterocycles. The lowest BCUT2D eigenvalue weighted by Crippen LogP contribution is -1.96. The number of phenolic OH excluding ortho intramolecular Hbond substituents is 1. The first-order valence-corrected chi connectivity index (χ1v) is 4.62. The monoisotopic (exact) mass is 256 g/mol. The van der Waals surface area contributed by atoms with Crippen LogP contribution in [-0.2, 0) is 0 Å². The van der Waals surface area contributed by atoms with E-state index >= 15 is 0 Å². The van der Waals surface area contributed by atoms with Gasteiger partial charge in [0.1, 0.15) is 0 Å². The molecule has 74 valence electrons. The van der Waals surface area contributed by atoms with E-state index in [0.29, 0.717) is 15.8 Å². The SMILES string of the molecule is C=CC(=O)c1cc(O)c(OC)cc1Br. The van der Waals surface area contributed by atoms with Gasteiger partial charge in [-0.05, 0) is 34.1 Å². The molecule has 0 aliphatic carbocycles. The fourth-order valence-electron chi connectivity index (χ4n) is 1.01. The van der Waals surface area contributed by atoms with Gasteiger partial charge in [-0.25, -0.2) is 0 Å². The van der Waals surface area contributed by atoms with E-state index in [1.54, 1.807) is 0 Å². The van der Waals surface area contributed by atoms with Crippen LogP contribution in [0.3, 0.4) is 0 Å². The number of ether oxygens (including phenoxy) is 1. The highest BCUT2D eigenvalue weighted by molar-refractivity contribution is 9.10. The molecule has 0 unspecified atom stereocenters. The molecular formula is C10H9BrO3. The lowest BCUT2D eigenvalue weighted by molar-refractivity contribution is 0.104. The number of carbonyl (C=O) groups is 1. The van der Waals surface area contributed by atoms with Crippen molar-refractivity contribution in [1.29, 1.82) is 0 Å². The molecule has 0 fully saturated rings. The lowest BCUT2D eigenvalue weighted by atomic mass is 10.1. The maximum absolute atomic E-state index is 11.3. The Morgan fingerprint density at radius 3 is 2.79 bits per heavy atom. The van der Waals surface area contributed by atoms with E-state index in [0.717, 1.165) is 0 Å². The number of aromatic hydroxyl groups is 1. The van der Waals surface area contributed by atoms with Gasteiger partial charge < -0.3 is 9.84 Å². The van der Waals surface area contributed by atoms with Crippen molar-refractivity contribution in [3.05, 3.63) is 34.8 Å². The largest absolute Gasteiger partial charge is 0.504 e. The van der Waals surface area contributed by atoms with Crippen LogP contribution in [0.5, 0.6) is 11.5 Å². The summed E-state index contributed by atoms with van der Waals surface area (Å²) in [6, 6.07) is 2.87. The zero-order valence-corrected chi connectivity index (χ0v) is 9.17. The molecule has 0 saturated heterocycles. The van der Waals surface area contributed by atoms with Gasteiger partial charge in [-0.3, -0.25) is 4.79 Å². The molecule has 14 heavy (non-hydrogen) atoms. The highest BCUT2D eigenvalue weighted by Crippen LogP contribution is 2.32. The van der Waals surface area contributed by atoms with E-state index in [-0.39, 0.29) is 11.5 Å². The van der Waals surface area contributed by atoms with Crippen molar-refractivity contribution in [2.24, 2.45) is 0 Å². The van der Waals surface area contributed by atoms with Crippen LogP contribution in [0.15, 0.2) is 29.3 Å². The van der Waals surface area contributed by atoms with Crippen molar-refractivity contribution in [2.45, 2.75) is 0 Å². The van der Waals surface area contributed by atoms with Crippen molar-refractivity contribution in [3.8, 4) is 11.5 Å². The van der Waals surface area contributed by atoms with Crippen LogP contribution in [0.1, 0.15) is 10.4 Å². The summed E-state index contributed by atoms with van der Waals surface area (Å²) in [6.07, 6.45) is 1.19. The third kappa shape index (κ3) is 1.96. The number of phenols is 1. The Labute approximate surface area is 90.1 Å². The van der Waals surface area contributed by atoms with E-state index < -0.39 is 0 Å². The molecule has 1 N–H and O–H groups in total. The molecule has 3 nitrogen and oxygen atoms in total. The van der Waals surface area contributed by atoms with Gasteiger partial charge in [-0.1, -0.05) is 6.58 Å². The van der Waals surface area contributed by atoms with Gasteiger partial charge in [0.25, 0.3) is 0 Å². The summed E-state index contributed by atoms with van der Waals surface area (Å²) in [5.74, 6) is -0.00628. The fourth-order valence-corrected chi connectivity index (χ4v) is 1.52. The molecular weight excluding hydrogens is 248 g/mol. The number of carbonyl (C=O) groups excluding carboxylic acids is 1. The highest BCUT2D eigenvalue weighted by Gasteiger charge is 2.11. The second-order valence-corrected chi connectivity index (χ2v) is 3.43. The number of hydrogen-bond donors (Lipinski definition) is 1. The minimum atomic E-state index is -0.255. The molecule has 0 aromatic heterocycles. The van der Waals surface area contributed by atoms with Crippen molar-refractivity contribution in [1.82, 2.24) is 0 Å². The van der Waals surface area contributed by atoms with Crippen LogP contribution in [-0.4, -0.2) is 18.0 Å². The topological polar surface area (TPSA) is 46.5 Å². The highest BCUT2D eigenvalue weighted by atomic mass is 79.9. The third-order valence-corrected chi connectivity index (χ3v) is 2.38. The minimum Gasteiger partial charge on any atom is -0.504 e. The second-order valence-electron chi connectivity index (χ2n) is 2.57. The summed E-state index contributed by atoms with van der Waals surface area (Å²) in [4.78, 5) is 11.3. The van der Waals surface area contributed by atoms with Gasteiger partial charge in [0, 0.05) is 10.0 Å². The summed E-state index contributed by atoms with van der Waals surface area (Å²) >= 11 is 3.20. The maximum atomic E-state index is 11.3. The van der Waals surface area contributed by atoms with Crippen LogP contribution in [0.2, 0.25) is 0 Å². The Hall–Kier alpha value is -1.29. The van der Waals surface area contributed by atoms with Gasteiger partial charge in [-0.15, -0.1) is 0 Å². The molecule has 0 radical (unpaired) electrons. The molecule has 1 aromatic carbocycles. The van der Waals surface area contributed by atoms with Gasteiger partial charge in [0.15, 0.2) is 17.3 Å². The number of hydrogen-bond acceptors (Lipinski definition) is 3. The molecule has 4 heteroatoms. The quantitative estimate of drug-likeness (QED) is 0.668. The van der Waals surface area contributed by atoms with Gasteiger partial charge in [0.2, 0.25) is 0 Å². The maximum Gasteiger partial charge on any atom is 0.186 e. The van der Waals surface area contributed by atoms with E-state index in [9.17, 15) is 9.90 Å².